The Labute approximate surface area is 184 Å². The van der Waals surface area contributed by atoms with Crippen molar-refractivity contribution in [1.29, 1.82) is 0 Å². The Hall–Kier alpha value is -2.04. The highest BCUT2D eigenvalue weighted by Gasteiger charge is 2.19. The van der Waals surface area contributed by atoms with Crippen molar-refractivity contribution in [2.45, 2.75) is 97.9 Å². The van der Waals surface area contributed by atoms with E-state index in [2.05, 4.69) is 43.5 Å². The second-order valence-electron chi connectivity index (χ2n) is 8.20. The molecule has 3 amide bonds. The molecular formula is C25H43N3O2. The van der Waals surface area contributed by atoms with E-state index >= 15 is 0 Å². The molecule has 0 aliphatic carbocycles. The molecule has 1 aromatic carbocycles. The summed E-state index contributed by atoms with van der Waals surface area (Å²) in [6.07, 6.45) is 10.7. The molecule has 1 atom stereocenters. The third-order valence-corrected chi connectivity index (χ3v) is 5.58. The first-order valence-corrected chi connectivity index (χ1v) is 11.9. The molecule has 0 fully saturated rings. The Kier molecular flexibility index (Phi) is 13.7. The number of carbonyl (C=O) groups is 2. The summed E-state index contributed by atoms with van der Waals surface area (Å²) in [7, 11) is 0. The van der Waals surface area contributed by atoms with Crippen LogP contribution in [0.5, 0.6) is 0 Å². The summed E-state index contributed by atoms with van der Waals surface area (Å²) < 4.78 is 0. The van der Waals surface area contributed by atoms with Crippen molar-refractivity contribution in [2.75, 3.05) is 18.4 Å². The van der Waals surface area contributed by atoms with Crippen molar-refractivity contribution >= 4 is 17.6 Å². The minimum Gasteiger partial charge on any atom is -0.338 e. The summed E-state index contributed by atoms with van der Waals surface area (Å²) in [4.78, 5) is 26.6. The van der Waals surface area contributed by atoms with Crippen molar-refractivity contribution in [3.8, 4) is 0 Å². The molecule has 0 radical (unpaired) electrons. The summed E-state index contributed by atoms with van der Waals surface area (Å²) in [5, 5.41) is 5.92. The predicted molar refractivity (Wildman–Crippen MR) is 127 cm³/mol. The molecule has 0 bridgehead atoms. The van der Waals surface area contributed by atoms with Crippen molar-refractivity contribution in [2.24, 2.45) is 0 Å². The van der Waals surface area contributed by atoms with Gasteiger partial charge in [-0.15, -0.1) is 0 Å². The number of rotatable bonds is 15. The SMILES string of the molecule is CCCCCCCc1ccc(NC(=O)CCN(C(=O)NCCCC)C(C)CC)cc1. The number of urea groups is 1. The van der Waals surface area contributed by atoms with Crippen LogP contribution in [0.1, 0.15) is 91.0 Å². The van der Waals surface area contributed by atoms with Crippen LogP contribution >= 0.6 is 0 Å². The van der Waals surface area contributed by atoms with Gasteiger partial charge in [0.1, 0.15) is 0 Å². The minimum atomic E-state index is -0.0751. The third kappa shape index (κ3) is 10.7. The van der Waals surface area contributed by atoms with Crippen LogP contribution in [0.4, 0.5) is 10.5 Å². The molecule has 0 aliphatic rings. The molecular weight excluding hydrogens is 374 g/mol. The number of unbranched alkanes of at least 4 members (excludes halogenated alkanes) is 5. The van der Waals surface area contributed by atoms with E-state index in [-0.39, 0.29) is 18.0 Å². The average Bonchev–Trinajstić information content (AvgIpc) is 2.74. The van der Waals surface area contributed by atoms with E-state index in [1.807, 2.05) is 19.1 Å². The first kappa shape index (κ1) is 26.0. The Morgan fingerprint density at radius 2 is 1.60 bits per heavy atom. The van der Waals surface area contributed by atoms with Gasteiger partial charge in [0.2, 0.25) is 5.91 Å². The number of aryl methyl sites for hydroxylation is 1. The fraction of sp³-hybridized carbons (Fsp3) is 0.680. The lowest BCUT2D eigenvalue weighted by Crippen LogP contribution is -2.46. The normalized spacial score (nSPS) is 11.7. The highest BCUT2D eigenvalue weighted by Crippen LogP contribution is 2.14. The fourth-order valence-electron chi connectivity index (χ4n) is 3.35. The van der Waals surface area contributed by atoms with Gasteiger partial charge in [0, 0.05) is 31.2 Å². The zero-order valence-electron chi connectivity index (χ0n) is 19.6. The zero-order valence-corrected chi connectivity index (χ0v) is 19.6. The first-order chi connectivity index (χ1) is 14.5. The zero-order chi connectivity index (χ0) is 22.2. The first-order valence-electron chi connectivity index (χ1n) is 11.9. The molecule has 5 heteroatoms. The Bertz CT molecular complexity index is 601. The van der Waals surface area contributed by atoms with E-state index in [1.165, 1.54) is 37.7 Å². The fourth-order valence-corrected chi connectivity index (χ4v) is 3.35. The van der Waals surface area contributed by atoms with Gasteiger partial charge in [0.15, 0.2) is 0 Å². The summed E-state index contributed by atoms with van der Waals surface area (Å²) in [5.41, 5.74) is 2.13. The number of amides is 3. The molecule has 0 aliphatic heterocycles. The lowest BCUT2D eigenvalue weighted by molar-refractivity contribution is -0.116. The summed E-state index contributed by atoms with van der Waals surface area (Å²) in [6.45, 7) is 9.52. The van der Waals surface area contributed by atoms with Crippen LogP contribution in [0.25, 0.3) is 0 Å². The number of benzene rings is 1. The van der Waals surface area contributed by atoms with Crippen LogP contribution in [-0.2, 0) is 11.2 Å². The molecule has 1 unspecified atom stereocenters. The monoisotopic (exact) mass is 417 g/mol. The second-order valence-corrected chi connectivity index (χ2v) is 8.20. The standard InChI is InChI=1S/C25H43N3O2/c1-5-8-10-11-12-13-22-14-16-23(17-15-22)27-24(29)18-20-28(21(4)7-3)25(30)26-19-9-6-2/h14-17,21H,5-13,18-20H2,1-4H3,(H,26,30)(H,27,29). The Balaban J connectivity index is 2.44. The molecule has 0 aromatic heterocycles. The lowest BCUT2D eigenvalue weighted by Gasteiger charge is -2.28. The Morgan fingerprint density at radius 1 is 0.933 bits per heavy atom. The molecule has 2 N–H and O–H groups in total. The molecule has 30 heavy (non-hydrogen) atoms. The lowest BCUT2D eigenvalue weighted by atomic mass is 10.1. The van der Waals surface area contributed by atoms with Gasteiger partial charge < -0.3 is 15.5 Å². The van der Waals surface area contributed by atoms with Gasteiger partial charge in [-0.2, -0.15) is 0 Å². The maximum Gasteiger partial charge on any atom is 0.317 e. The summed E-state index contributed by atoms with van der Waals surface area (Å²) in [5.74, 6) is -0.0584. The number of carbonyl (C=O) groups excluding carboxylic acids is 2. The quantitative estimate of drug-likeness (QED) is 0.337. The molecule has 0 saturated heterocycles. The summed E-state index contributed by atoms with van der Waals surface area (Å²) >= 11 is 0. The topological polar surface area (TPSA) is 61.4 Å². The second kappa shape index (κ2) is 15.8. The molecule has 1 aromatic rings. The van der Waals surface area contributed by atoms with Gasteiger partial charge >= 0.3 is 6.03 Å². The van der Waals surface area contributed by atoms with E-state index in [0.29, 0.717) is 19.5 Å². The largest absolute Gasteiger partial charge is 0.338 e. The number of nitrogens with one attached hydrogen (secondary N) is 2. The van der Waals surface area contributed by atoms with E-state index in [1.54, 1.807) is 4.90 Å². The molecule has 0 saturated carbocycles. The third-order valence-electron chi connectivity index (χ3n) is 5.58. The maximum atomic E-state index is 12.5. The molecule has 0 heterocycles. The highest BCUT2D eigenvalue weighted by molar-refractivity contribution is 5.91. The Morgan fingerprint density at radius 3 is 2.23 bits per heavy atom. The van der Waals surface area contributed by atoms with Crippen LogP contribution in [0, 0.1) is 0 Å². The van der Waals surface area contributed by atoms with Crippen molar-refractivity contribution in [3.63, 3.8) is 0 Å². The van der Waals surface area contributed by atoms with Gasteiger partial charge in [-0.05, 0) is 50.3 Å². The van der Waals surface area contributed by atoms with Crippen LogP contribution < -0.4 is 10.6 Å². The van der Waals surface area contributed by atoms with Crippen molar-refractivity contribution < 1.29 is 9.59 Å². The molecule has 1 rings (SSSR count). The average molecular weight is 418 g/mol. The number of hydrogen-bond acceptors (Lipinski definition) is 2. The predicted octanol–water partition coefficient (Wildman–Crippen LogP) is 6.14. The van der Waals surface area contributed by atoms with E-state index in [4.69, 9.17) is 0 Å². The summed E-state index contributed by atoms with van der Waals surface area (Å²) in [6, 6.07) is 8.18. The minimum absolute atomic E-state index is 0.0584. The van der Waals surface area contributed by atoms with Crippen LogP contribution in [0.3, 0.4) is 0 Å². The van der Waals surface area contributed by atoms with E-state index in [9.17, 15) is 9.59 Å². The molecule has 5 nitrogen and oxygen atoms in total. The van der Waals surface area contributed by atoms with Crippen molar-refractivity contribution in [3.05, 3.63) is 29.8 Å². The number of hydrogen-bond donors (Lipinski definition) is 2. The van der Waals surface area contributed by atoms with Crippen LogP contribution in [0.2, 0.25) is 0 Å². The van der Waals surface area contributed by atoms with E-state index < -0.39 is 0 Å². The van der Waals surface area contributed by atoms with Crippen LogP contribution in [-0.4, -0.2) is 36.0 Å². The number of nitrogens with zero attached hydrogens (tertiary/aromatic N) is 1. The smallest absolute Gasteiger partial charge is 0.317 e. The molecule has 170 valence electrons. The van der Waals surface area contributed by atoms with Gasteiger partial charge in [-0.1, -0.05) is 65.0 Å². The van der Waals surface area contributed by atoms with Crippen LogP contribution in [0.15, 0.2) is 24.3 Å². The van der Waals surface area contributed by atoms with Crippen molar-refractivity contribution in [1.82, 2.24) is 10.2 Å². The van der Waals surface area contributed by atoms with Gasteiger partial charge in [0.25, 0.3) is 0 Å². The van der Waals surface area contributed by atoms with Gasteiger partial charge in [0.05, 0.1) is 0 Å². The molecule has 0 spiro atoms. The van der Waals surface area contributed by atoms with Gasteiger partial charge in [-0.25, -0.2) is 4.79 Å². The number of anilines is 1. The van der Waals surface area contributed by atoms with Gasteiger partial charge in [-0.3, -0.25) is 4.79 Å². The maximum absolute atomic E-state index is 12.5. The van der Waals surface area contributed by atoms with E-state index in [0.717, 1.165) is 31.4 Å². The highest BCUT2D eigenvalue weighted by atomic mass is 16.2.